The van der Waals surface area contributed by atoms with Crippen LogP contribution in [0.4, 0.5) is 0 Å². The molecule has 1 atom stereocenters. The second-order valence-corrected chi connectivity index (χ2v) is 6.51. The first kappa shape index (κ1) is 13.7. The van der Waals surface area contributed by atoms with Gasteiger partial charge in [0.2, 0.25) is 0 Å². The first-order chi connectivity index (χ1) is 7.51. The quantitative estimate of drug-likeness (QED) is 0.715. The maximum Gasteiger partial charge on any atom is 0.303 e. The molecular weight excluding hydrogens is 224 g/mol. The predicted molar refractivity (Wildman–Crippen MR) is 65.9 cm³/mol. The van der Waals surface area contributed by atoms with Crippen molar-refractivity contribution in [1.82, 2.24) is 0 Å². The molecule has 94 valence electrons. The van der Waals surface area contributed by atoms with Gasteiger partial charge in [-0.15, -0.1) is 0 Å². The molecular formula is C12H22O3S. The summed E-state index contributed by atoms with van der Waals surface area (Å²) in [5.41, 5.74) is -0.122. The Labute approximate surface area is 100 Å². The number of hydrogen-bond donors (Lipinski definition) is 1. The Hall–Kier alpha value is -0.380. The van der Waals surface area contributed by atoms with Gasteiger partial charge in [-0.1, -0.05) is 26.7 Å². The van der Waals surface area contributed by atoms with Crippen molar-refractivity contribution in [3.63, 3.8) is 0 Å². The minimum absolute atomic E-state index is 0.122. The van der Waals surface area contributed by atoms with Crippen LogP contribution in [0.25, 0.3) is 0 Å². The van der Waals surface area contributed by atoms with Crippen LogP contribution in [0, 0.1) is 11.3 Å². The van der Waals surface area contributed by atoms with Crippen molar-refractivity contribution in [2.24, 2.45) is 11.3 Å². The summed E-state index contributed by atoms with van der Waals surface area (Å²) in [4.78, 5) is 10.7. The summed E-state index contributed by atoms with van der Waals surface area (Å²) in [7, 11) is -0.837. The Kier molecular flexibility index (Phi) is 4.96. The third-order valence-electron chi connectivity index (χ3n) is 3.53. The Bertz CT molecular complexity index is 267. The molecule has 1 fully saturated rings. The van der Waals surface area contributed by atoms with Crippen molar-refractivity contribution in [2.45, 2.75) is 46.0 Å². The number of carboxylic acids is 1. The van der Waals surface area contributed by atoms with Crippen LogP contribution in [0.2, 0.25) is 0 Å². The smallest absolute Gasteiger partial charge is 0.303 e. The van der Waals surface area contributed by atoms with Crippen LogP contribution in [0.15, 0.2) is 0 Å². The standard InChI is InChI=1S/C12H22O3S/c1-3-10(4-2)8-16(15)9-12(5-6-12)7-11(13)14/h10H,3-9H2,1-2H3,(H,13,14). The van der Waals surface area contributed by atoms with E-state index in [0.29, 0.717) is 11.7 Å². The lowest BCUT2D eigenvalue weighted by molar-refractivity contribution is -0.138. The number of carboxylic acid groups (broad SMARTS) is 1. The van der Waals surface area contributed by atoms with E-state index < -0.39 is 16.8 Å². The average Bonchev–Trinajstić information content (AvgIpc) is 2.92. The van der Waals surface area contributed by atoms with E-state index in [-0.39, 0.29) is 11.8 Å². The van der Waals surface area contributed by atoms with Crippen LogP contribution >= 0.6 is 0 Å². The minimum atomic E-state index is -0.837. The van der Waals surface area contributed by atoms with Crippen molar-refractivity contribution in [2.75, 3.05) is 11.5 Å². The van der Waals surface area contributed by atoms with Gasteiger partial charge in [0.1, 0.15) is 0 Å². The van der Waals surface area contributed by atoms with Gasteiger partial charge in [-0.3, -0.25) is 9.00 Å². The van der Waals surface area contributed by atoms with Crippen LogP contribution in [0.1, 0.15) is 46.0 Å². The van der Waals surface area contributed by atoms with Gasteiger partial charge in [-0.05, 0) is 24.2 Å². The van der Waals surface area contributed by atoms with E-state index in [9.17, 15) is 9.00 Å². The molecule has 0 radical (unpaired) electrons. The summed E-state index contributed by atoms with van der Waals surface area (Å²) >= 11 is 0. The Morgan fingerprint density at radius 2 is 1.94 bits per heavy atom. The van der Waals surface area contributed by atoms with Crippen molar-refractivity contribution in [3.05, 3.63) is 0 Å². The molecule has 0 bridgehead atoms. The van der Waals surface area contributed by atoms with E-state index >= 15 is 0 Å². The lowest BCUT2D eigenvalue weighted by Crippen LogP contribution is -2.21. The zero-order valence-corrected chi connectivity index (χ0v) is 11.0. The SMILES string of the molecule is CCC(CC)CS(=O)CC1(CC(=O)O)CC1. The van der Waals surface area contributed by atoms with Gasteiger partial charge < -0.3 is 5.11 Å². The molecule has 4 heteroatoms. The van der Waals surface area contributed by atoms with Crippen molar-refractivity contribution in [3.8, 4) is 0 Å². The molecule has 0 aromatic carbocycles. The molecule has 16 heavy (non-hydrogen) atoms. The van der Waals surface area contributed by atoms with E-state index in [1.54, 1.807) is 0 Å². The lowest BCUT2D eigenvalue weighted by Gasteiger charge is -2.15. The number of aliphatic carboxylic acids is 1. The molecule has 0 amide bonds. The lowest BCUT2D eigenvalue weighted by atomic mass is 10.1. The van der Waals surface area contributed by atoms with Crippen molar-refractivity contribution < 1.29 is 14.1 Å². The summed E-state index contributed by atoms with van der Waals surface area (Å²) in [5, 5.41) is 8.78. The molecule has 0 spiro atoms. The zero-order valence-electron chi connectivity index (χ0n) is 10.2. The summed E-state index contributed by atoms with van der Waals surface area (Å²) in [6.07, 6.45) is 4.20. The average molecular weight is 246 g/mol. The van der Waals surface area contributed by atoms with Crippen LogP contribution in [0.5, 0.6) is 0 Å². The summed E-state index contributed by atoms with van der Waals surface area (Å²) in [6.45, 7) is 4.24. The topological polar surface area (TPSA) is 54.4 Å². The molecule has 0 aliphatic heterocycles. The molecule has 3 nitrogen and oxygen atoms in total. The first-order valence-electron chi connectivity index (χ1n) is 6.08. The van der Waals surface area contributed by atoms with E-state index in [0.717, 1.165) is 31.4 Å². The molecule has 1 saturated carbocycles. The van der Waals surface area contributed by atoms with Crippen molar-refractivity contribution in [1.29, 1.82) is 0 Å². The predicted octanol–water partition coefficient (Wildman–Crippen LogP) is 2.43. The molecule has 1 aliphatic rings. The highest BCUT2D eigenvalue weighted by molar-refractivity contribution is 7.85. The highest BCUT2D eigenvalue weighted by Gasteiger charge is 2.45. The van der Waals surface area contributed by atoms with E-state index in [2.05, 4.69) is 13.8 Å². The highest BCUT2D eigenvalue weighted by atomic mass is 32.2. The summed E-state index contributed by atoms with van der Waals surface area (Å²) in [5.74, 6) is 1.11. The molecule has 1 rings (SSSR count). The van der Waals surface area contributed by atoms with Crippen LogP contribution in [-0.2, 0) is 15.6 Å². The molecule has 0 aromatic heterocycles. The van der Waals surface area contributed by atoms with Gasteiger partial charge in [0.15, 0.2) is 0 Å². The largest absolute Gasteiger partial charge is 0.481 e. The molecule has 1 N–H and O–H groups in total. The van der Waals surface area contributed by atoms with E-state index in [4.69, 9.17) is 5.11 Å². The molecule has 0 aromatic rings. The molecule has 1 unspecified atom stereocenters. The van der Waals surface area contributed by atoms with Crippen LogP contribution in [-0.4, -0.2) is 26.8 Å². The van der Waals surface area contributed by atoms with Gasteiger partial charge in [-0.2, -0.15) is 0 Å². The Balaban J connectivity index is 2.36. The first-order valence-corrected chi connectivity index (χ1v) is 7.57. The van der Waals surface area contributed by atoms with E-state index in [1.807, 2.05) is 0 Å². The second kappa shape index (κ2) is 5.80. The fourth-order valence-corrected chi connectivity index (χ4v) is 4.25. The summed E-state index contributed by atoms with van der Waals surface area (Å²) < 4.78 is 11.9. The number of carbonyl (C=O) groups is 1. The van der Waals surface area contributed by atoms with Gasteiger partial charge in [0.05, 0.1) is 6.42 Å². The third kappa shape index (κ3) is 4.24. The number of rotatable bonds is 8. The summed E-state index contributed by atoms with van der Waals surface area (Å²) in [6, 6.07) is 0. The second-order valence-electron chi connectivity index (χ2n) is 5.00. The van der Waals surface area contributed by atoms with Crippen LogP contribution < -0.4 is 0 Å². The fourth-order valence-electron chi connectivity index (χ4n) is 2.06. The zero-order chi connectivity index (χ0) is 12.2. The van der Waals surface area contributed by atoms with Gasteiger partial charge in [0, 0.05) is 22.3 Å². The fraction of sp³-hybridized carbons (Fsp3) is 0.917. The Morgan fingerprint density at radius 3 is 2.31 bits per heavy atom. The third-order valence-corrected chi connectivity index (χ3v) is 5.30. The van der Waals surface area contributed by atoms with Gasteiger partial charge in [0.25, 0.3) is 0 Å². The molecule has 0 heterocycles. The minimum Gasteiger partial charge on any atom is -0.481 e. The van der Waals surface area contributed by atoms with Gasteiger partial charge >= 0.3 is 5.97 Å². The van der Waals surface area contributed by atoms with Crippen molar-refractivity contribution >= 4 is 16.8 Å². The highest BCUT2D eigenvalue weighted by Crippen LogP contribution is 2.49. The maximum absolute atomic E-state index is 11.9. The number of hydrogen-bond acceptors (Lipinski definition) is 2. The molecule has 1 aliphatic carbocycles. The van der Waals surface area contributed by atoms with E-state index in [1.165, 1.54) is 0 Å². The monoisotopic (exact) mass is 246 g/mol. The molecule has 0 saturated heterocycles. The normalized spacial score (nSPS) is 19.7. The van der Waals surface area contributed by atoms with Gasteiger partial charge in [-0.25, -0.2) is 0 Å². The Morgan fingerprint density at radius 1 is 1.38 bits per heavy atom. The maximum atomic E-state index is 11.9. The van der Waals surface area contributed by atoms with Crippen LogP contribution in [0.3, 0.4) is 0 Å².